The van der Waals surface area contributed by atoms with Crippen LogP contribution in [0.25, 0.3) is 5.65 Å². The first-order chi connectivity index (χ1) is 10.1. The van der Waals surface area contributed by atoms with Gasteiger partial charge in [-0.2, -0.15) is 0 Å². The second-order valence-electron chi connectivity index (χ2n) is 5.52. The van der Waals surface area contributed by atoms with Crippen molar-refractivity contribution in [2.24, 2.45) is 5.92 Å². The fourth-order valence-corrected chi connectivity index (χ4v) is 2.78. The van der Waals surface area contributed by atoms with Gasteiger partial charge in [-0.3, -0.25) is 9.20 Å². The Labute approximate surface area is 128 Å². The van der Waals surface area contributed by atoms with Gasteiger partial charge in [0, 0.05) is 38.3 Å². The number of halogens is 1. The third kappa shape index (κ3) is 2.55. The number of carbonyl (C=O) groups is 1. The van der Waals surface area contributed by atoms with Crippen molar-refractivity contribution >= 4 is 29.1 Å². The molecule has 0 bridgehead atoms. The summed E-state index contributed by atoms with van der Waals surface area (Å²) in [6.45, 7) is 6.81. The molecule has 3 heterocycles. The number of hydrogen-bond acceptors (Lipinski definition) is 4. The standard InChI is InChI=1S/C14H18ClN5O/c1-10(2)13(21)18-6-8-19(9-7-18)14-17-16-12-11(15)4-3-5-20(12)14/h3-5,10H,6-9H2,1-2H3. The van der Waals surface area contributed by atoms with Crippen LogP contribution in [0.1, 0.15) is 13.8 Å². The molecule has 0 aliphatic carbocycles. The van der Waals surface area contributed by atoms with E-state index in [0.717, 1.165) is 19.0 Å². The lowest BCUT2D eigenvalue weighted by Gasteiger charge is -2.35. The van der Waals surface area contributed by atoms with Crippen LogP contribution in [0.2, 0.25) is 5.02 Å². The molecular formula is C14H18ClN5O. The Hall–Kier alpha value is -1.82. The van der Waals surface area contributed by atoms with Crippen molar-refractivity contribution in [3.8, 4) is 0 Å². The molecule has 6 nitrogen and oxygen atoms in total. The van der Waals surface area contributed by atoms with Crippen molar-refractivity contribution in [2.75, 3.05) is 31.1 Å². The SMILES string of the molecule is CC(C)C(=O)N1CCN(c2nnc3c(Cl)cccn23)CC1. The van der Waals surface area contributed by atoms with E-state index in [9.17, 15) is 4.79 Å². The zero-order chi connectivity index (χ0) is 15.0. The van der Waals surface area contributed by atoms with Crippen molar-refractivity contribution in [3.05, 3.63) is 23.4 Å². The number of hydrogen-bond donors (Lipinski definition) is 0. The van der Waals surface area contributed by atoms with Crippen LogP contribution in [0.5, 0.6) is 0 Å². The minimum atomic E-state index is 0.0456. The highest BCUT2D eigenvalue weighted by molar-refractivity contribution is 6.33. The number of piperazine rings is 1. The summed E-state index contributed by atoms with van der Waals surface area (Å²) < 4.78 is 1.89. The number of rotatable bonds is 2. The smallest absolute Gasteiger partial charge is 0.231 e. The summed E-state index contributed by atoms with van der Waals surface area (Å²) in [6.07, 6.45) is 1.90. The van der Waals surface area contributed by atoms with Crippen LogP contribution in [0.15, 0.2) is 18.3 Å². The van der Waals surface area contributed by atoms with E-state index in [2.05, 4.69) is 15.1 Å². The van der Waals surface area contributed by atoms with E-state index in [1.54, 1.807) is 6.07 Å². The molecule has 7 heteroatoms. The highest BCUT2D eigenvalue weighted by atomic mass is 35.5. The molecule has 0 N–H and O–H groups in total. The minimum absolute atomic E-state index is 0.0456. The lowest BCUT2D eigenvalue weighted by atomic mass is 10.1. The first kappa shape index (κ1) is 14.1. The molecule has 0 unspecified atom stereocenters. The Morgan fingerprint density at radius 2 is 1.95 bits per heavy atom. The maximum absolute atomic E-state index is 12.0. The van der Waals surface area contributed by atoms with Crippen LogP contribution in [0.4, 0.5) is 5.95 Å². The first-order valence-corrected chi connectivity index (χ1v) is 7.48. The van der Waals surface area contributed by atoms with Gasteiger partial charge in [-0.25, -0.2) is 0 Å². The Kier molecular flexibility index (Phi) is 3.71. The van der Waals surface area contributed by atoms with Crippen LogP contribution in [0.3, 0.4) is 0 Å². The molecule has 1 aliphatic heterocycles. The minimum Gasteiger partial charge on any atom is -0.339 e. The number of nitrogens with zero attached hydrogens (tertiary/aromatic N) is 5. The van der Waals surface area contributed by atoms with E-state index in [1.165, 1.54) is 0 Å². The van der Waals surface area contributed by atoms with Gasteiger partial charge in [0.2, 0.25) is 11.9 Å². The Bertz CT molecular complexity index is 660. The van der Waals surface area contributed by atoms with Crippen molar-refractivity contribution in [1.29, 1.82) is 0 Å². The third-order valence-corrected chi connectivity index (χ3v) is 4.03. The van der Waals surface area contributed by atoms with Crippen LogP contribution in [-0.2, 0) is 4.79 Å². The molecule has 1 aliphatic rings. The average molecular weight is 308 g/mol. The molecule has 0 radical (unpaired) electrons. The van der Waals surface area contributed by atoms with Crippen LogP contribution >= 0.6 is 11.6 Å². The molecule has 0 spiro atoms. The van der Waals surface area contributed by atoms with E-state index in [-0.39, 0.29) is 11.8 Å². The van der Waals surface area contributed by atoms with Gasteiger partial charge in [0.1, 0.15) is 0 Å². The zero-order valence-corrected chi connectivity index (χ0v) is 12.9. The predicted molar refractivity (Wildman–Crippen MR) is 81.6 cm³/mol. The van der Waals surface area contributed by atoms with Gasteiger partial charge < -0.3 is 9.80 Å². The van der Waals surface area contributed by atoms with E-state index in [4.69, 9.17) is 11.6 Å². The molecule has 1 saturated heterocycles. The summed E-state index contributed by atoms with van der Waals surface area (Å²) in [6, 6.07) is 3.68. The van der Waals surface area contributed by atoms with Crippen LogP contribution in [-0.4, -0.2) is 51.6 Å². The second-order valence-corrected chi connectivity index (χ2v) is 5.92. The molecule has 0 saturated carbocycles. The number of aromatic nitrogens is 3. The van der Waals surface area contributed by atoms with Gasteiger partial charge >= 0.3 is 0 Å². The number of carbonyl (C=O) groups excluding carboxylic acids is 1. The van der Waals surface area contributed by atoms with Gasteiger partial charge in [-0.05, 0) is 12.1 Å². The lowest BCUT2D eigenvalue weighted by Crippen LogP contribution is -2.50. The average Bonchev–Trinajstić information content (AvgIpc) is 2.92. The summed E-state index contributed by atoms with van der Waals surface area (Å²) in [4.78, 5) is 16.1. The normalized spacial score (nSPS) is 16.0. The molecule has 1 fully saturated rings. The summed E-state index contributed by atoms with van der Waals surface area (Å²) in [7, 11) is 0. The van der Waals surface area contributed by atoms with Gasteiger partial charge in [-0.1, -0.05) is 25.4 Å². The van der Waals surface area contributed by atoms with Gasteiger partial charge in [0.05, 0.1) is 5.02 Å². The number of pyridine rings is 1. The summed E-state index contributed by atoms with van der Waals surface area (Å²) in [5, 5.41) is 8.96. The van der Waals surface area contributed by atoms with E-state index < -0.39 is 0 Å². The number of anilines is 1. The largest absolute Gasteiger partial charge is 0.339 e. The first-order valence-electron chi connectivity index (χ1n) is 7.11. The zero-order valence-electron chi connectivity index (χ0n) is 12.2. The molecule has 112 valence electrons. The molecule has 3 rings (SSSR count). The maximum atomic E-state index is 12.0. The van der Waals surface area contributed by atoms with Crippen molar-refractivity contribution < 1.29 is 4.79 Å². The molecule has 2 aromatic rings. The lowest BCUT2D eigenvalue weighted by molar-refractivity contribution is -0.134. The van der Waals surface area contributed by atoms with E-state index in [1.807, 2.05) is 35.4 Å². The van der Waals surface area contributed by atoms with Crippen LogP contribution in [0, 0.1) is 5.92 Å². The van der Waals surface area contributed by atoms with Crippen molar-refractivity contribution in [3.63, 3.8) is 0 Å². The molecule has 0 atom stereocenters. The van der Waals surface area contributed by atoms with Crippen molar-refractivity contribution in [2.45, 2.75) is 13.8 Å². The van der Waals surface area contributed by atoms with Gasteiger partial charge in [0.25, 0.3) is 0 Å². The van der Waals surface area contributed by atoms with Crippen LogP contribution < -0.4 is 4.90 Å². The van der Waals surface area contributed by atoms with E-state index in [0.29, 0.717) is 23.8 Å². The highest BCUT2D eigenvalue weighted by Gasteiger charge is 2.25. The summed E-state index contributed by atoms with van der Waals surface area (Å²) >= 11 is 6.11. The molecule has 2 aromatic heterocycles. The maximum Gasteiger partial charge on any atom is 0.231 e. The molecule has 21 heavy (non-hydrogen) atoms. The Morgan fingerprint density at radius 1 is 1.24 bits per heavy atom. The summed E-state index contributed by atoms with van der Waals surface area (Å²) in [5.74, 6) is 1.04. The quantitative estimate of drug-likeness (QED) is 0.847. The highest BCUT2D eigenvalue weighted by Crippen LogP contribution is 2.21. The molecule has 0 aromatic carbocycles. The van der Waals surface area contributed by atoms with Gasteiger partial charge in [0.15, 0.2) is 5.65 Å². The fraction of sp³-hybridized carbons (Fsp3) is 0.500. The van der Waals surface area contributed by atoms with Crippen molar-refractivity contribution in [1.82, 2.24) is 19.5 Å². The van der Waals surface area contributed by atoms with E-state index >= 15 is 0 Å². The third-order valence-electron chi connectivity index (χ3n) is 3.74. The molecule has 1 amide bonds. The Morgan fingerprint density at radius 3 is 2.62 bits per heavy atom. The molecular weight excluding hydrogens is 290 g/mol. The predicted octanol–water partition coefficient (Wildman–Crippen LogP) is 1.69. The number of fused-ring (bicyclic) bond motifs is 1. The van der Waals surface area contributed by atoms with Gasteiger partial charge in [-0.15, -0.1) is 10.2 Å². The number of amides is 1. The second kappa shape index (κ2) is 5.52. The fourth-order valence-electron chi connectivity index (χ4n) is 2.58. The Balaban J connectivity index is 1.77. The monoisotopic (exact) mass is 307 g/mol. The topological polar surface area (TPSA) is 53.7 Å². The summed E-state index contributed by atoms with van der Waals surface area (Å²) in [5.41, 5.74) is 0.662.